The van der Waals surface area contributed by atoms with Gasteiger partial charge in [-0.25, -0.2) is 9.67 Å². The molecule has 5 rings (SSSR count). The van der Waals surface area contributed by atoms with Crippen LogP contribution in [0.1, 0.15) is 23.3 Å². The van der Waals surface area contributed by atoms with Crippen molar-refractivity contribution in [2.75, 3.05) is 13.2 Å². The molecule has 2 aromatic carbocycles. The summed E-state index contributed by atoms with van der Waals surface area (Å²) in [6.07, 6.45) is 2.08. The van der Waals surface area contributed by atoms with Crippen LogP contribution in [0.15, 0.2) is 66.0 Å². The van der Waals surface area contributed by atoms with E-state index in [0.717, 1.165) is 42.0 Å². The Labute approximate surface area is 194 Å². The lowest BCUT2D eigenvalue weighted by Crippen LogP contribution is -2.32. The van der Waals surface area contributed by atoms with E-state index >= 15 is 0 Å². The van der Waals surface area contributed by atoms with Crippen LogP contribution in [-0.2, 0) is 4.74 Å². The number of aromatic nitrogens is 3. The zero-order valence-corrected chi connectivity index (χ0v) is 18.8. The van der Waals surface area contributed by atoms with E-state index in [1.807, 2.05) is 66.0 Å². The first-order chi connectivity index (χ1) is 15.7. The van der Waals surface area contributed by atoms with Gasteiger partial charge in [-0.3, -0.25) is 4.79 Å². The number of carbonyl (C=O) groups is 1. The minimum Gasteiger partial charge on any atom is -0.376 e. The molecule has 0 aliphatic carbocycles. The van der Waals surface area contributed by atoms with Crippen LogP contribution in [0.3, 0.4) is 0 Å². The van der Waals surface area contributed by atoms with Gasteiger partial charge in [-0.2, -0.15) is 5.10 Å². The molecule has 1 N–H and O–H groups in total. The number of amides is 1. The first kappa shape index (κ1) is 20.9. The molecule has 1 aliphatic heterocycles. The van der Waals surface area contributed by atoms with Gasteiger partial charge in [0, 0.05) is 34.7 Å². The van der Waals surface area contributed by atoms with Crippen molar-refractivity contribution in [1.29, 1.82) is 0 Å². The van der Waals surface area contributed by atoms with Gasteiger partial charge in [-0.05, 0) is 31.0 Å². The average Bonchev–Trinajstić information content (AvgIpc) is 3.59. The molecule has 3 heterocycles. The number of thiazole rings is 1. The lowest BCUT2D eigenvalue weighted by atomic mass is 10.1. The van der Waals surface area contributed by atoms with Crippen molar-refractivity contribution in [3.8, 4) is 27.6 Å². The highest BCUT2D eigenvalue weighted by Crippen LogP contribution is 2.29. The molecule has 1 saturated heterocycles. The Morgan fingerprint density at radius 2 is 1.97 bits per heavy atom. The molecule has 0 saturated carbocycles. The Kier molecular flexibility index (Phi) is 6.03. The Morgan fingerprint density at radius 3 is 2.72 bits per heavy atom. The standard InChI is InChI=1S/C24H21ClN4O2S/c25-18-10-8-16(9-11-18)21-15-32-24(27-21)29-22(17-5-2-1-3-6-17)13-20(28-29)23(30)26-14-19-7-4-12-31-19/h1-3,5-6,8-11,13,15,19H,4,7,12,14H2,(H,26,30). The molecule has 4 aromatic rings. The first-order valence-electron chi connectivity index (χ1n) is 10.4. The van der Waals surface area contributed by atoms with Crippen molar-refractivity contribution in [2.24, 2.45) is 0 Å². The van der Waals surface area contributed by atoms with Crippen LogP contribution in [0, 0.1) is 0 Å². The number of nitrogens with one attached hydrogen (secondary N) is 1. The molecule has 2 aromatic heterocycles. The summed E-state index contributed by atoms with van der Waals surface area (Å²) in [7, 11) is 0. The first-order valence-corrected chi connectivity index (χ1v) is 11.7. The lowest BCUT2D eigenvalue weighted by Gasteiger charge is -2.09. The van der Waals surface area contributed by atoms with Crippen LogP contribution in [0.2, 0.25) is 5.02 Å². The second-order valence-corrected chi connectivity index (χ2v) is 8.83. The van der Waals surface area contributed by atoms with Gasteiger partial charge in [0.25, 0.3) is 5.91 Å². The summed E-state index contributed by atoms with van der Waals surface area (Å²) in [5.74, 6) is -0.217. The van der Waals surface area contributed by atoms with E-state index < -0.39 is 0 Å². The fraction of sp³-hybridized carbons (Fsp3) is 0.208. The number of hydrogen-bond acceptors (Lipinski definition) is 5. The summed E-state index contributed by atoms with van der Waals surface area (Å²) in [6.45, 7) is 1.25. The molecule has 0 radical (unpaired) electrons. The molecular weight excluding hydrogens is 444 g/mol. The number of ether oxygens (including phenoxy) is 1. The normalized spacial score (nSPS) is 15.7. The van der Waals surface area contributed by atoms with E-state index in [9.17, 15) is 4.79 Å². The molecule has 6 nitrogen and oxygen atoms in total. The van der Waals surface area contributed by atoms with Gasteiger partial charge >= 0.3 is 0 Å². The highest BCUT2D eigenvalue weighted by molar-refractivity contribution is 7.12. The van der Waals surface area contributed by atoms with Crippen LogP contribution in [-0.4, -0.2) is 39.9 Å². The van der Waals surface area contributed by atoms with Crippen LogP contribution in [0.25, 0.3) is 27.6 Å². The molecule has 0 bridgehead atoms. The van der Waals surface area contributed by atoms with E-state index in [2.05, 4.69) is 10.4 Å². The Hall–Kier alpha value is -3.00. The molecule has 1 aliphatic rings. The fourth-order valence-corrected chi connectivity index (χ4v) is 4.59. The monoisotopic (exact) mass is 464 g/mol. The molecule has 8 heteroatoms. The van der Waals surface area contributed by atoms with Crippen LogP contribution < -0.4 is 5.32 Å². The van der Waals surface area contributed by atoms with Crippen molar-refractivity contribution in [1.82, 2.24) is 20.1 Å². The van der Waals surface area contributed by atoms with E-state index in [1.165, 1.54) is 11.3 Å². The van der Waals surface area contributed by atoms with E-state index in [-0.39, 0.29) is 12.0 Å². The number of rotatable bonds is 6. The Balaban J connectivity index is 1.46. The van der Waals surface area contributed by atoms with Crippen molar-refractivity contribution in [3.63, 3.8) is 0 Å². The zero-order chi connectivity index (χ0) is 21.9. The number of carbonyl (C=O) groups excluding carboxylic acids is 1. The van der Waals surface area contributed by atoms with Crippen molar-refractivity contribution in [3.05, 3.63) is 76.8 Å². The predicted molar refractivity (Wildman–Crippen MR) is 126 cm³/mol. The highest BCUT2D eigenvalue weighted by Gasteiger charge is 2.21. The predicted octanol–water partition coefficient (Wildman–Crippen LogP) is 5.23. The summed E-state index contributed by atoms with van der Waals surface area (Å²) in [6, 6.07) is 19.2. The Morgan fingerprint density at radius 1 is 1.16 bits per heavy atom. The van der Waals surface area contributed by atoms with Crippen molar-refractivity contribution >= 4 is 28.8 Å². The third-order valence-corrected chi connectivity index (χ3v) is 6.41. The highest BCUT2D eigenvalue weighted by atomic mass is 35.5. The number of hydrogen-bond donors (Lipinski definition) is 1. The topological polar surface area (TPSA) is 69.0 Å². The van der Waals surface area contributed by atoms with Crippen molar-refractivity contribution < 1.29 is 9.53 Å². The van der Waals surface area contributed by atoms with Crippen LogP contribution >= 0.6 is 22.9 Å². The molecule has 1 amide bonds. The maximum atomic E-state index is 12.8. The van der Waals surface area contributed by atoms with Gasteiger partial charge in [-0.15, -0.1) is 11.3 Å². The summed E-state index contributed by atoms with van der Waals surface area (Å²) >= 11 is 7.48. The summed E-state index contributed by atoms with van der Waals surface area (Å²) in [5, 5.41) is 10.9. The van der Waals surface area contributed by atoms with Gasteiger partial charge in [0.15, 0.2) is 5.69 Å². The number of benzene rings is 2. The third kappa shape index (κ3) is 4.46. The van der Waals surface area contributed by atoms with Crippen LogP contribution in [0.4, 0.5) is 0 Å². The quantitative estimate of drug-likeness (QED) is 0.424. The second-order valence-electron chi connectivity index (χ2n) is 7.56. The van der Waals surface area contributed by atoms with E-state index in [1.54, 1.807) is 4.68 Å². The fourth-order valence-electron chi connectivity index (χ4n) is 3.67. The summed E-state index contributed by atoms with van der Waals surface area (Å²) < 4.78 is 7.34. The smallest absolute Gasteiger partial charge is 0.271 e. The largest absolute Gasteiger partial charge is 0.376 e. The van der Waals surface area contributed by atoms with E-state index in [0.29, 0.717) is 22.4 Å². The maximum absolute atomic E-state index is 12.8. The number of halogens is 1. The molecular formula is C24H21ClN4O2S. The lowest BCUT2D eigenvalue weighted by molar-refractivity contribution is 0.0853. The van der Waals surface area contributed by atoms with Gasteiger partial charge in [-0.1, -0.05) is 54.1 Å². The number of nitrogens with zero attached hydrogens (tertiary/aromatic N) is 3. The van der Waals surface area contributed by atoms with Crippen LogP contribution in [0.5, 0.6) is 0 Å². The summed E-state index contributed by atoms with van der Waals surface area (Å²) in [5.41, 5.74) is 3.93. The molecule has 1 unspecified atom stereocenters. The maximum Gasteiger partial charge on any atom is 0.271 e. The molecule has 32 heavy (non-hydrogen) atoms. The minimum absolute atomic E-state index is 0.0792. The van der Waals surface area contributed by atoms with Gasteiger partial charge in [0.2, 0.25) is 5.13 Å². The average molecular weight is 465 g/mol. The molecule has 0 spiro atoms. The van der Waals surface area contributed by atoms with Crippen molar-refractivity contribution in [2.45, 2.75) is 18.9 Å². The van der Waals surface area contributed by atoms with E-state index in [4.69, 9.17) is 21.3 Å². The molecule has 1 atom stereocenters. The zero-order valence-electron chi connectivity index (χ0n) is 17.2. The minimum atomic E-state index is -0.217. The van der Waals surface area contributed by atoms with Gasteiger partial charge < -0.3 is 10.1 Å². The summed E-state index contributed by atoms with van der Waals surface area (Å²) in [4.78, 5) is 17.6. The third-order valence-electron chi connectivity index (χ3n) is 5.34. The second kappa shape index (κ2) is 9.24. The van der Waals surface area contributed by atoms with Gasteiger partial charge in [0.1, 0.15) is 0 Å². The van der Waals surface area contributed by atoms with Gasteiger partial charge in [0.05, 0.1) is 17.5 Å². The molecule has 162 valence electrons. The SMILES string of the molecule is O=C(NCC1CCCO1)c1cc(-c2ccccc2)n(-c2nc(-c3ccc(Cl)cc3)cs2)n1. The molecule has 1 fully saturated rings. The Bertz CT molecular complexity index is 1210.